The zero-order valence-corrected chi connectivity index (χ0v) is 11.0. The Kier molecular flexibility index (Phi) is 5.80. The van der Waals surface area contributed by atoms with Crippen LogP contribution in [-0.4, -0.2) is 48.3 Å². The molecular formula is C11H18N4O4. The molecule has 19 heavy (non-hydrogen) atoms. The predicted octanol–water partition coefficient (Wildman–Crippen LogP) is -0.595. The van der Waals surface area contributed by atoms with Crippen LogP contribution >= 0.6 is 0 Å². The highest BCUT2D eigenvalue weighted by Crippen LogP contribution is 2.11. The molecule has 0 saturated carbocycles. The molecule has 0 unspecified atom stereocenters. The molecule has 0 bridgehead atoms. The average molecular weight is 270 g/mol. The molecule has 8 heteroatoms. The maximum atomic E-state index is 11.6. The molecule has 1 rings (SSSR count). The molecule has 0 aliphatic rings. The van der Waals surface area contributed by atoms with E-state index in [1.807, 2.05) is 0 Å². The highest BCUT2D eigenvalue weighted by molar-refractivity contribution is 5.92. The van der Waals surface area contributed by atoms with E-state index in [0.717, 1.165) is 0 Å². The second kappa shape index (κ2) is 7.37. The van der Waals surface area contributed by atoms with Crippen LogP contribution in [0.1, 0.15) is 17.4 Å². The number of nitrogen functional groups attached to an aromatic ring is 1. The van der Waals surface area contributed by atoms with Gasteiger partial charge in [0.25, 0.3) is 0 Å². The van der Waals surface area contributed by atoms with Gasteiger partial charge in [-0.2, -0.15) is 0 Å². The van der Waals surface area contributed by atoms with Crippen LogP contribution in [0.3, 0.4) is 0 Å². The van der Waals surface area contributed by atoms with Gasteiger partial charge in [0.2, 0.25) is 5.91 Å². The van der Waals surface area contributed by atoms with E-state index in [4.69, 9.17) is 15.2 Å². The SMILES string of the molecule is CCOC(=O)c1ncn(CC(=O)NCCOC)c1N. The largest absolute Gasteiger partial charge is 0.461 e. The van der Waals surface area contributed by atoms with Gasteiger partial charge in [-0.25, -0.2) is 9.78 Å². The Hall–Kier alpha value is -2.09. The molecule has 0 aliphatic carbocycles. The summed E-state index contributed by atoms with van der Waals surface area (Å²) < 4.78 is 11.0. The molecule has 0 atom stereocenters. The molecule has 0 spiro atoms. The number of amides is 1. The van der Waals surface area contributed by atoms with E-state index in [9.17, 15) is 9.59 Å². The van der Waals surface area contributed by atoms with Gasteiger partial charge in [0.1, 0.15) is 12.4 Å². The maximum absolute atomic E-state index is 11.6. The molecule has 0 fully saturated rings. The maximum Gasteiger partial charge on any atom is 0.360 e. The molecule has 0 saturated heterocycles. The minimum absolute atomic E-state index is 0.0120. The normalized spacial score (nSPS) is 10.2. The van der Waals surface area contributed by atoms with Gasteiger partial charge in [-0.05, 0) is 6.92 Å². The van der Waals surface area contributed by atoms with Gasteiger partial charge in [-0.3, -0.25) is 4.79 Å². The van der Waals surface area contributed by atoms with Crippen molar-refractivity contribution in [1.82, 2.24) is 14.9 Å². The summed E-state index contributed by atoms with van der Waals surface area (Å²) in [7, 11) is 1.55. The first-order valence-electron chi connectivity index (χ1n) is 5.83. The van der Waals surface area contributed by atoms with Crippen LogP contribution in [0.5, 0.6) is 0 Å². The fourth-order valence-corrected chi connectivity index (χ4v) is 1.38. The van der Waals surface area contributed by atoms with Crippen LogP contribution in [0.25, 0.3) is 0 Å². The Labute approximate surface area is 110 Å². The molecule has 106 valence electrons. The number of ether oxygens (including phenoxy) is 2. The van der Waals surface area contributed by atoms with Crippen molar-refractivity contribution in [2.24, 2.45) is 0 Å². The number of esters is 1. The highest BCUT2D eigenvalue weighted by atomic mass is 16.5. The van der Waals surface area contributed by atoms with Gasteiger partial charge >= 0.3 is 5.97 Å². The summed E-state index contributed by atoms with van der Waals surface area (Å²) in [6.45, 7) is 2.76. The summed E-state index contributed by atoms with van der Waals surface area (Å²) in [5.41, 5.74) is 5.75. The van der Waals surface area contributed by atoms with Gasteiger partial charge < -0.3 is 25.1 Å². The number of methoxy groups -OCH3 is 1. The van der Waals surface area contributed by atoms with E-state index < -0.39 is 5.97 Å². The van der Waals surface area contributed by atoms with Crippen molar-refractivity contribution in [3.8, 4) is 0 Å². The summed E-state index contributed by atoms with van der Waals surface area (Å²) in [6, 6.07) is 0. The monoisotopic (exact) mass is 270 g/mol. The third-order valence-electron chi connectivity index (χ3n) is 2.29. The third kappa shape index (κ3) is 4.25. The van der Waals surface area contributed by atoms with E-state index in [2.05, 4.69) is 10.3 Å². The topological polar surface area (TPSA) is 108 Å². The van der Waals surface area contributed by atoms with Crippen LogP contribution in [0.2, 0.25) is 0 Å². The molecule has 3 N–H and O–H groups in total. The van der Waals surface area contributed by atoms with E-state index >= 15 is 0 Å². The van der Waals surface area contributed by atoms with Crippen molar-refractivity contribution in [2.75, 3.05) is 32.6 Å². The molecule has 1 aromatic heterocycles. The summed E-state index contributed by atoms with van der Waals surface area (Å²) in [5.74, 6) is -0.726. The molecule has 0 aromatic carbocycles. The average Bonchev–Trinajstić information content (AvgIpc) is 2.72. The van der Waals surface area contributed by atoms with E-state index in [1.54, 1.807) is 14.0 Å². The van der Waals surface area contributed by atoms with E-state index in [0.29, 0.717) is 13.2 Å². The van der Waals surface area contributed by atoms with Gasteiger partial charge in [-0.15, -0.1) is 0 Å². The molecular weight excluding hydrogens is 252 g/mol. The fourth-order valence-electron chi connectivity index (χ4n) is 1.38. The first-order chi connectivity index (χ1) is 9.10. The first-order valence-corrected chi connectivity index (χ1v) is 5.83. The Morgan fingerprint density at radius 2 is 2.26 bits per heavy atom. The number of hydrogen-bond acceptors (Lipinski definition) is 6. The van der Waals surface area contributed by atoms with Crippen LogP contribution in [0, 0.1) is 0 Å². The number of carbonyl (C=O) groups excluding carboxylic acids is 2. The molecule has 1 amide bonds. The van der Waals surface area contributed by atoms with Crippen LogP contribution < -0.4 is 11.1 Å². The Morgan fingerprint density at radius 1 is 1.53 bits per heavy atom. The number of carbonyl (C=O) groups is 2. The minimum Gasteiger partial charge on any atom is -0.461 e. The lowest BCUT2D eigenvalue weighted by atomic mass is 10.4. The molecule has 1 aromatic rings. The van der Waals surface area contributed by atoms with Gasteiger partial charge in [0.05, 0.1) is 19.5 Å². The molecule has 1 heterocycles. The number of anilines is 1. The van der Waals surface area contributed by atoms with Crippen molar-refractivity contribution in [3.63, 3.8) is 0 Å². The molecule has 0 aliphatic heterocycles. The van der Waals surface area contributed by atoms with Gasteiger partial charge in [0, 0.05) is 13.7 Å². The van der Waals surface area contributed by atoms with Crippen LogP contribution in [-0.2, 0) is 20.8 Å². The lowest BCUT2D eigenvalue weighted by Crippen LogP contribution is -2.30. The number of hydrogen-bond donors (Lipinski definition) is 2. The lowest BCUT2D eigenvalue weighted by molar-refractivity contribution is -0.121. The summed E-state index contributed by atoms with van der Waals surface area (Å²) in [4.78, 5) is 26.9. The summed E-state index contributed by atoms with van der Waals surface area (Å²) >= 11 is 0. The van der Waals surface area contributed by atoms with Crippen molar-refractivity contribution in [1.29, 1.82) is 0 Å². The number of nitrogens with zero attached hydrogens (tertiary/aromatic N) is 2. The number of rotatable bonds is 7. The lowest BCUT2D eigenvalue weighted by Gasteiger charge is -2.07. The second-order valence-electron chi connectivity index (χ2n) is 3.67. The second-order valence-corrected chi connectivity index (χ2v) is 3.67. The van der Waals surface area contributed by atoms with E-state index in [1.165, 1.54) is 10.9 Å². The molecule has 8 nitrogen and oxygen atoms in total. The number of nitrogens with two attached hydrogens (primary N) is 1. The fraction of sp³-hybridized carbons (Fsp3) is 0.545. The number of aromatic nitrogens is 2. The smallest absolute Gasteiger partial charge is 0.360 e. The van der Waals surface area contributed by atoms with Crippen LogP contribution in [0.15, 0.2) is 6.33 Å². The quantitative estimate of drug-likeness (QED) is 0.506. The highest BCUT2D eigenvalue weighted by Gasteiger charge is 2.17. The van der Waals surface area contributed by atoms with Gasteiger partial charge in [-0.1, -0.05) is 0 Å². The zero-order valence-electron chi connectivity index (χ0n) is 11.0. The standard InChI is InChI=1S/C11H18N4O4/c1-3-19-11(17)9-10(12)15(7-14-9)6-8(16)13-4-5-18-2/h7H,3-6,12H2,1-2H3,(H,13,16). The predicted molar refractivity (Wildman–Crippen MR) is 67.5 cm³/mol. The van der Waals surface area contributed by atoms with E-state index in [-0.39, 0.29) is 30.6 Å². The van der Waals surface area contributed by atoms with Crippen molar-refractivity contribution in [2.45, 2.75) is 13.5 Å². The summed E-state index contributed by atoms with van der Waals surface area (Å²) in [5, 5.41) is 2.64. The van der Waals surface area contributed by atoms with Crippen molar-refractivity contribution in [3.05, 3.63) is 12.0 Å². The summed E-state index contributed by atoms with van der Waals surface area (Å²) in [6.07, 6.45) is 1.33. The Balaban J connectivity index is 2.60. The van der Waals surface area contributed by atoms with Crippen molar-refractivity contribution < 1.29 is 19.1 Å². The minimum atomic E-state index is -0.599. The Morgan fingerprint density at radius 3 is 2.89 bits per heavy atom. The van der Waals surface area contributed by atoms with Gasteiger partial charge in [0.15, 0.2) is 5.69 Å². The zero-order chi connectivity index (χ0) is 14.3. The first kappa shape index (κ1) is 15.0. The third-order valence-corrected chi connectivity index (χ3v) is 2.29. The van der Waals surface area contributed by atoms with Crippen molar-refractivity contribution >= 4 is 17.7 Å². The van der Waals surface area contributed by atoms with Crippen LogP contribution in [0.4, 0.5) is 5.82 Å². The Bertz CT molecular complexity index is 444. The number of imidazole rings is 1. The molecule has 0 radical (unpaired) electrons. The number of nitrogens with one attached hydrogen (secondary N) is 1.